The van der Waals surface area contributed by atoms with E-state index in [4.69, 9.17) is 27.9 Å². The van der Waals surface area contributed by atoms with E-state index in [-0.39, 0.29) is 5.97 Å². The van der Waals surface area contributed by atoms with Crippen molar-refractivity contribution >= 4 is 29.2 Å². The molecule has 0 spiro atoms. The fraction of sp³-hybridized carbons (Fsp3) is 0.462. The fourth-order valence-electron chi connectivity index (χ4n) is 1.57. The van der Waals surface area contributed by atoms with Crippen LogP contribution in [0.3, 0.4) is 0 Å². The van der Waals surface area contributed by atoms with Gasteiger partial charge in [0.25, 0.3) is 0 Å². The van der Waals surface area contributed by atoms with Crippen LogP contribution in [-0.4, -0.2) is 19.1 Å². The van der Waals surface area contributed by atoms with Crippen LogP contribution in [0.25, 0.3) is 0 Å². The molecule has 0 aliphatic carbocycles. The van der Waals surface area contributed by atoms with E-state index in [1.807, 2.05) is 6.92 Å². The lowest BCUT2D eigenvalue weighted by Crippen LogP contribution is -2.31. The molecular weight excluding hydrogens is 273 g/mol. The zero-order valence-electron chi connectivity index (χ0n) is 10.5. The molecular formula is C13H17Cl2NO2. The van der Waals surface area contributed by atoms with E-state index in [1.54, 1.807) is 25.1 Å². The predicted molar refractivity (Wildman–Crippen MR) is 74.1 cm³/mol. The number of carbonyl (C=O) groups is 1. The molecule has 1 aromatic rings. The van der Waals surface area contributed by atoms with Gasteiger partial charge in [-0.05, 0) is 37.6 Å². The van der Waals surface area contributed by atoms with Crippen LogP contribution in [0.1, 0.15) is 31.9 Å². The highest BCUT2D eigenvalue weighted by Gasteiger charge is 2.23. The van der Waals surface area contributed by atoms with Crippen molar-refractivity contribution in [2.75, 3.05) is 13.2 Å². The zero-order valence-corrected chi connectivity index (χ0v) is 12.0. The van der Waals surface area contributed by atoms with E-state index in [0.29, 0.717) is 28.8 Å². The van der Waals surface area contributed by atoms with Crippen LogP contribution in [0, 0.1) is 0 Å². The summed E-state index contributed by atoms with van der Waals surface area (Å²) in [5.74, 6) is -0.324. The van der Waals surface area contributed by atoms with Crippen LogP contribution in [-0.2, 0) is 9.53 Å². The maximum Gasteiger partial charge on any atom is 0.327 e. The standard InChI is InChI=1S/C13H17Cl2NO2/c1-3-7-16-12(13(17)18-4-2)10-6-5-9(14)8-11(10)15/h5-6,8,12,16H,3-4,7H2,1-2H3. The van der Waals surface area contributed by atoms with Gasteiger partial charge in [0.15, 0.2) is 0 Å². The van der Waals surface area contributed by atoms with Crippen molar-refractivity contribution < 1.29 is 9.53 Å². The summed E-state index contributed by atoms with van der Waals surface area (Å²) in [5, 5.41) is 4.13. The molecule has 0 aliphatic rings. The van der Waals surface area contributed by atoms with Crippen LogP contribution < -0.4 is 5.32 Å². The molecule has 0 fully saturated rings. The Bertz CT molecular complexity index is 410. The van der Waals surface area contributed by atoms with Gasteiger partial charge in [0, 0.05) is 10.0 Å². The van der Waals surface area contributed by atoms with Crippen molar-refractivity contribution in [2.45, 2.75) is 26.3 Å². The highest BCUT2D eigenvalue weighted by molar-refractivity contribution is 6.35. The van der Waals surface area contributed by atoms with E-state index in [1.165, 1.54) is 0 Å². The predicted octanol–water partition coefficient (Wildman–Crippen LogP) is 3.60. The molecule has 1 unspecified atom stereocenters. The minimum atomic E-state index is -0.547. The van der Waals surface area contributed by atoms with Crippen molar-refractivity contribution in [3.63, 3.8) is 0 Å². The molecule has 0 aliphatic heterocycles. The Morgan fingerprint density at radius 2 is 2.11 bits per heavy atom. The maximum atomic E-state index is 11.9. The van der Waals surface area contributed by atoms with E-state index in [9.17, 15) is 4.79 Å². The van der Waals surface area contributed by atoms with Crippen LogP contribution in [0.4, 0.5) is 0 Å². The van der Waals surface area contributed by atoms with Crippen molar-refractivity contribution in [3.8, 4) is 0 Å². The molecule has 0 saturated heterocycles. The number of hydrogen-bond donors (Lipinski definition) is 1. The summed E-state index contributed by atoms with van der Waals surface area (Å²) in [6, 6.07) is 4.53. The smallest absolute Gasteiger partial charge is 0.327 e. The molecule has 0 heterocycles. The minimum Gasteiger partial charge on any atom is -0.465 e. The topological polar surface area (TPSA) is 38.3 Å². The van der Waals surface area contributed by atoms with Gasteiger partial charge in [-0.3, -0.25) is 0 Å². The minimum absolute atomic E-state index is 0.324. The van der Waals surface area contributed by atoms with Gasteiger partial charge in [0.1, 0.15) is 6.04 Å². The van der Waals surface area contributed by atoms with Gasteiger partial charge in [-0.15, -0.1) is 0 Å². The lowest BCUT2D eigenvalue weighted by molar-refractivity contribution is -0.145. The van der Waals surface area contributed by atoms with E-state index < -0.39 is 6.04 Å². The maximum absolute atomic E-state index is 11.9. The molecule has 5 heteroatoms. The first-order valence-electron chi connectivity index (χ1n) is 5.95. The molecule has 1 atom stereocenters. The Hall–Kier alpha value is -0.770. The third-order valence-electron chi connectivity index (χ3n) is 2.39. The molecule has 1 rings (SSSR count). The summed E-state index contributed by atoms with van der Waals surface area (Å²) in [5.41, 5.74) is 0.688. The second-order valence-electron chi connectivity index (χ2n) is 3.81. The Morgan fingerprint density at radius 3 is 2.67 bits per heavy atom. The summed E-state index contributed by atoms with van der Waals surface area (Å²) in [7, 11) is 0. The first-order valence-corrected chi connectivity index (χ1v) is 6.70. The van der Waals surface area contributed by atoms with Crippen LogP contribution in [0.5, 0.6) is 0 Å². The summed E-state index contributed by atoms with van der Waals surface area (Å²) >= 11 is 12.0. The molecule has 18 heavy (non-hydrogen) atoms. The second kappa shape index (κ2) is 7.62. The van der Waals surface area contributed by atoms with Crippen LogP contribution in [0.2, 0.25) is 10.0 Å². The zero-order chi connectivity index (χ0) is 13.5. The van der Waals surface area contributed by atoms with Crippen molar-refractivity contribution in [2.24, 2.45) is 0 Å². The van der Waals surface area contributed by atoms with Gasteiger partial charge in [-0.1, -0.05) is 36.2 Å². The average molecular weight is 290 g/mol. The normalized spacial score (nSPS) is 12.2. The first-order chi connectivity index (χ1) is 8.60. The molecule has 0 bridgehead atoms. The highest BCUT2D eigenvalue weighted by Crippen LogP contribution is 2.27. The summed E-state index contributed by atoms with van der Waals surface area (Å²) in [6.07, 6.45) is 0.918. The Kier molecular flexibility index (Phi) is 6.47. The van der Waals surface area contributed by atoms with E-state index in [2.05, 4.69) is 5.32 Å². The number of nitrogens with one attached hydrogen (secondary N) is 1. The molecule has 1 aromatic carbocycles. The van der Waals surface area contributed by atoms with Crippen LogP contribution in [0.15, 0.2) is 18.2 Å². The van der Waals surface area contributed by atoms with Gasteiger partial charge < -0.3 is 10.1 Å². The molecule has 0 radical (unpaired) electrons. The number of ether oxygens (including phenoxy) is 1. The molecule has 0 aromatic heterocycles. The van der Waals surface area contributed by atoms with Gasteiger partial charge >= 0.3 is 5.97 Å². The van der Waals surface area contributed by atoms with Crippen molar-refractivity contribution in [1.29, 1.82) is 0 Å². The summed E-state index contributed by atoms with van der Waals surface area (Å²) in [4.78, 5) is 11.9. The summed E-state index contributed by atoms with van der Waals surface area (Å²) < 4.78 is 5.05. The molecule has 3 nitrogen and oxygen atoms in total. The number of esters is 1. The Balaban J connectivity index is 2.97. The number of carbonyl (C=O) groups excluding carboxylic acids is 1. The molecule has 0 amide bonds. The Labute approximate surface area is 117 Å². The molecule has 0 saturated carbocycles. The molecule has 1 N–H and O–H groups in total. The largest absolute Gasteiger partial charge is 0.465 e. The number of benzene rings is 1. The third kappa shape index (κ3) is 4.16. The van der Waals surface area contributed by atoms with Gasteiger partial charge in [0.2, 0.25) is 0 Å². The van der Waals surface area contributed by atoms with Crippen LogP contribution >= 0.6 is 23.2 Å². The quantitative estimate of drug-likeness (QED) is 0.814. The average Bonchev–Trinajstić information content (AvgIpc) is 2.32. The van der Waals surface area contributed by atoms with E-state index in [0.717, 1.165) is 6.42 Å². The second-order valence-corrected chi connectivity index (χ2v) is 4.65. The van der Waals surface area contributed by atoms with Gasteiger partial charge in [-0.2, -0.15) is 0 Å². The number of halogens is 2. The van der Waals surface area contributed by atoms with Crippen molar-refractivity contribution in [1.82, 2.24) is 5.32 Å². The number of hydrogen-bond acceptors (Lipinski definition) is 3. The number of rotatable bonds is 6. The van der Waals surface area contributed by atoms with Crippen molar-refractivity contribution in [3.05, 3.63) is 33.8 Å². The highest BCUT2D eigenvalue weighted by atomic mass is 35.5. The SMILES string of the molecule is CCCNC(C(=O)OCC)c1ccc(Cl)cc1Cl. The first kappa shape index (κ1) is 15.3. The monoisotopic (exact) mass is 289 g/mol. The van der Waals surface area contributed by atoms with Gasteiger partial charge in [-0.25, -0.2) is 4.79 Å². The Morgan fingerprint density at radius 1 is 1.39 bits per heavy atom. The third-order valence-corrected chi connectivity index (χ3v) is 2.96. The summed E-state index contributed by atoms with van der Waals surface area (Å²) in [6.45, 7) is 4.85. The van der Waals surface area contributed by atoms with Gasteiger partial charge in [0.05, 0.1) is 6.61 Å². The lowest BCUT2D eigenvalue weighted by Gasteiger charge is -2.18. The lowest BCUT2D eigenvalue weighted by atomic mass is 10.1. The fourth-order valence-corrected chi connectivity index (χ4v) is 2.09. The molecule has 100 valence electrons. The van der Waals surface area contributed by atoms with E-state index >= 15 is 0 Å².